The number of aliphatic hydroxyl groups is 1. The highest BCUT2D eigenvalue weighted by molar-refractivity contribution is 5.88. The molecule has 3 nitrogen and oxygen atoms in total. The predicted octanol–water partition coefficient (Wildman–Crippen LogP) is 0.741. The van der Waals surface area contributed by atoms with Crippen molar-refractivity contribution in [1.29, 1.82) is 0 Å². The van der Waals surface area contributed by atoms with Gasteiger partial charge in [-0.15, -0.1) is 0 Å². The Morgan fingerprint density at radius 1 is 1.12 bits per heavy atom. The molecule has 1 N–H and O–H groups in total. The largest absolute Gasteiger partial charge is 0.550 e. The van der Waals surface area contributed by atoms with Gasteiger partial charge < -0.3 is 15.0 Å². The minimum Gasteiger partial charge on any atom is -0.550 e. The van der Waals surface area contributed by atoms with Gasteiger partial charge in [-0.1, -0.05) is 42.5 Å². The Kier molecular flexibility index (Phi) is 4.48. The number of carboxylic acid groups (broad SMARTS) is 1. The Morgan fingerprint density at radius 3 is 2.44 bits per heavy atom. The molecule has 2 rings (SSSR count). The van der Waals surface area contributed by atoms with E-state index in [1.54, 1.807) is 0 Å². The molecule has 0 spiro atoms. The number of carbonyl (C=O) groups excluding carboxylic acids is 1. The van der Waals surface area contributed by atoms with Crippen LogP contribution >= 0.6 is 0 Å². The lowest BCUT2D eigenvalue weighted by Crippen LogP contribution is -2.24. The van der Waals surface area contributed by atoms with Gasteiger partial charge in [0.05, 0.1) is 0 Å². The first-order valence-corrected chi connectivity index (χ1v) is 4.88. The highest BCUT2D eigenvalue weighted by Crippen LogP contribution is 2.18. The molecule has 2 aromatic rings. The van der Waals surface area contributed by atoms with Crippen molar-refractivity contribution in [3.05, 3.63) is 48.0 Å². The van der Waals surface area contributed by atoms with Gasteiger partial charge >= 0.3 is 0 Å². The number of carbonyl (C=O) groups is 1. The lowest BCUT2D eigenvalue weighted by atomic mass is 10.0. The van der Waals surface area contributed by atoms with Crippen LogP contribution in [0.3, 0.4) is 0 Å². The van der Waals surface area contributed by atoms with E-state index < -0.39 is 5.97 Å². The quantitative estimate of drug-likeness (QED) is 0.807. The monoisotopic (exact) mass is 217 g/mol. The Bertz CT molecular complexity index is 472. The molecular weight excluding hydrogens is 204 g/mol. The normalized spacial score (nSPS) is 9.38. The van der Waals surface area contributed by atoms with Gasteiger partial charge in [-0.3, -0.25) is 0 Å². The molecule has 0 fully saturated rings. The van der Waals surface area contributed by atoms with Crippen LogP contribution in [0.5, 0.6) is 0 Å². The third kappa shape index (κ3) is 2.81. The fraction of sp³-hybridized carbons (Fsp3) is 0.154. The van der Waals surface area contributed by atoms with Crippen molar-refractivity contribution in [3.63, 3.8) is 0 Å². The maximum absolute atomic E-state index is 10.5. The van der Waals surface area contributed by atoms with E-state index in [1.807, 2.05) is 42.5 Å². The number of carboxylic acids is 1. The summed E-state index contributed by atoms with van der Waals surface area (Å²) in [5, 5.41) is 19.5. The molecule has 0 saturated heterocycles. The Morgan fingerprint density at radius 2 is 1.75 bits per heavy atom. The predicted molar refractivity (Wildman–Crippen MR) is 60.8 cm³/mol. The summed E-state index contributed by atoms with van der Waals surface area (Å²) in [6.07, 6.45) is -0.0264. The molecule has 16 heavy (non-hydrogen) atoms. The summed E-state index contributed by atoms with van der Waals surface area (Å²) in [5.41, 5.74) is 0.808. The molecule has 0 heterocycles. The second-order valence-corrected chi connectivity index (χ2v) is 3.19. The van der Waals surface area contributed by atoms with E-state index >= 15 is 0 Å². The molecule has 0 saturated carbocycles. The topological polar surface area (TPSA) is 60.4 Å². The average molecular weight is 217 g/mol. The Labute approximate surface area is 94.0 Å². The molecule has 0 atom stereocenters. The summed E-state index contributed by atoms with van der Waals surface area (Å²) in [6.45, 7) is 0. The SMILES string of the molecule is CO.O=C([O-])Cc1cccc2ccccc12. The molecule has 0 amide bonds. The minimum absolute atomic E-state index is 0.0264. The first-order chi connectivity index (χ1) is 7.77. The third-order valence-corrected chi connectivity index (χ3v) is 2.21. The zero-order chi connectivity index (χ0) is 12.0. The molecule has 84 valence electrons. The Hall–Kier alpha value is -1.87. The highest BCUT2D eigenvalue weighted by atomic mass is 16.4. The summed E-state index contributed by atoms with van der Waals surface area (Å²) in [6, 6.07) is 13.4. The molecule has 0 aliphatic heterocycles. The first kappa shape index (κ1) is 12.2. The molecule has 0 bridgehead atoms. The summed E-state index contributed by atoms with van der Waals surface area (Å²) >= 11 is 0. The first-order valence-electron chi connectivity index (χ1n) is 4.88. The second kappa shape index (κ2) is 5.88. The van der Waals surface area contributed by atoms with Crippen molar-refractivity contribution < 1.29 is 15.0 Å². The summed E-state index contributed by atoms with van der Waals surface area (Å²) < 4.78 is 0. The van der Waals surface area contributed by atoms with Gasteiger partial charge in [-0.05, 0) is 16.3 Å². The van der Waals surface area contributed by atoms with E-state index in [4.69, 9.17) is 5.11 Å². The minimum atomic E-state index is -1.04. The van der Waals surface area contributed by atoms with Gasteiger partial charge in [0.1, 0.15) is 0 Å². The summed E-state index contributed by atoms with van der Waals surface area (Å²) in [4.78, 5) is 10.5. The molecular formula is C13H13O3-. The maximum Gasteiger partial charge on any atom is 0.0458 e. The number of aliphatic carboxylic acids is 1. The molecule has 0 unspecified atom stereocenters. The van der Waals surface area contributed by atoms with E-state index in [2.05, 4.69) is 0 Å². The van der Waals surface area contributed by atoms with Crippen LogP contribution in [0.15, 0.2) is 42.5 Å². The zero-order valence-electron chi connectivity index (χ0n) is 9.01. The fourth-order valence-electron chi connectivity index (χ4n) is 1.60. The van der Waals surface area contributed by atoms with Crippen molar-refractivity contribution in [3.8, 4) is 0 Å². The molecule has 0 radical (unpaired) electrons. The van der Waals surface area contributed by atoms with Gasteiger partial charge in [0.2, 0.25) is 0 Å². The van der Waals surface area contributed by atoms with Gasteiger partial charge in [-0.25, -0.2) is 0 Å². The Balaban J connectivity index is 0.000000606. The number of fused-ring (bicyclic) bond motifs is 1. The van der Waals surface area contributed by atoms with E-state index in [1.165, 1.54) is 0 Å². The standard InChI is InChI=1S/C12H10O2.CH4O/c13-12(14)8-10-6-3-5-9-4-1-2-7-11(9)10;1-2/h1-7H,8H2,(H,13,14);2H,1H3/p-1. The lowest BCUT2D eigenvalue weighted by Gasteiger charge is -2.06. The van der Waals surface area contributed by atoms with Crippen molar-refractivity contribution in [2.75, 3.05) is 7.11 Å². The van der Waals surface area contributed by atoms with Gasteiger partial charge in [-0.2, -0.15) is 0 Å². The number of benzene rings is 2. The van der Waals surface area contributed by atoms with Gasteiger partial charge in [0, 0.05) is 19.5 Å². The van der Waals surface area contributed by atoms with Gasteiger partial charge in [0.15, 0.2) is 0 Å². The van der Waals surface area contributed by atoms with E-state index in [-0.39, 0.29) is 6.42 Å². The number of rotatable bonds is 2. The van der Waals surface area contributed by atoms with Crippen LogP contribution in [0.1, 0.15) is 5.56 Å². The molecule has 0 aliphatic carbocycles. The fourth-order valence-corrected chi connectivity index (χ4v) is 1.60. The summed E-state index contributed by atoms with van der Waals surface area (Å²) in [7, 11) is 1.00. The van der Waals surface area contributed by atoms with E-state index in [0.717, 1.165) is 23.4 Å². The number of aliphatic hydroxyl groups excluding tert-OH is 1. The summed E-state index contributed by atoms with van der Waals surface area (Å²) in [5.74, 6) is -1.04. The van der Waals surface area contributed by atoms with Crippen LogP contribution in [0.4, 0.5) is 0 Å². The van der Waals surface area contributed by atoms with Crippen molar-refractivity contribution in [2.24, 2.45) is 0 Å². The smallest absolute Gasteiger partial charge is 0.0458 e. The molecule has 0 aromatic heterocycles. The van der Waals surface area contributed by atoms with Crippen LogP contribution in [0, 0.1) is 0 Å². The number of hydrogen-bond donors (Lipinski definition) is 1. The van der Waals surface area contributed by atoms with Crippen LogP contribution in [0.2, 0.25) is 0 Å². The van der Waals surface area contributed by atoms with Crippen LogP contribution in [-0.2, 0) is 11.2 Å². The molecule has 0 aliphatic rings. The van der Waals surface area contributed by atoms with Crippen molar-refractivity contribution >= 4 is 16.7 Å². The van der Waals surface area contributed by atoms with Crippen molar-refractivity contribution in [2.45, 2.75) is 6.42 Å². The van der Waals surface area contributed by atoms with Gasteiger partial charge in [0.25, 0.3) is 0 Å². The highest BCUT2D eigenvalue weighted by Gasteiger charge is 1.99. The number of hydrogen-bond acceptors (Lipinski definition) is 3. The van der Waals surface area contributed by atoms with Crippen LogP contribution in [-0.4, -0.2) is 18.2 Å². The lowest BCUT2D eigenvalue weighted by molar-refractivity contribution is -0.304. The third-order valence-electron chi connectivity index (χ3n) is 2.21. The van der Waals surface area contributed by atoms with Crippen molar-refractivity contribution in [1.82, 2.24) is 0 Å². The molecule has 2 aromatic carbocycles. The zero-order valence-corrected chi connectivity index (χ0v) is 9.01. The van der Waals surface area contributed by atoms with E-state index in [9.17, 15) is 9.90 Å². The van der Waals surface area contributed by atoms with Crippen LogP contribution in [0.25, 0.3) is 10.8 Å². The molecule has 3 heteroatoms. The second-order valence-electron chi connectivity index (χ2n) is 3.19. The average Bonchev–Trinajstić information content (AvgIpc) is 2.31. The van der Waals surface area contributed by atoms with E-state index in [0.29, 0.717) is 0 Å². The van der Waals surface area contributed by atoms with Crippen LogP contribution < -0.4 is 5.11 Å². The maximum atomic E-state index is 10.5.